The second-order valence-corrected chi connectivity index (χ2v) is 11.2. The quantitative estimate of drug-likeness (QED) is 0.715. The summed E-state index contributed by atoms with van der Waals surface area (Å²) in [6, 6.07) is 4.05. The number of amides is 1. The lowest BCUT2D eigenvalue weighted by Crippen LogP contribution is -2.43. The van der Waals surface area contributed by atoms with Gasteiger partial charge < -0.3 is 4.90 Å². The number of fused-ring (bicyclic) bond motifs is 1. The zero-order valence-corrected chi connectivity index (χ0v) is 16.8. The number of sulfonamides is 1. The van der Waals surface area contributed by atoms with Crippen molar-refractivity contribution in [2.45, 2.75) is 50.1 Å². The second kappa shape index (κ2) is 6.61. The lowest BCUT2D eigenvalue weighted by atomic mass is 10.2. The molecule has 3 rings (SSSR count). The summed E-state index contributed by atoms with van der Waals surface area (Å²) in [6.45, 7) is 3.64. The molecule has 0 radical (unpaired) electrons. The average molecular weight is 401 g/mol. The van der Waals surface area contributed by atoms with Crippen LogP contribution in [0.1, 0.15) is 32.3 Å². The van der Waals surface area contributed by atoms with E-state index in [1.165, 1.54) is 11.2 Å². The van der Waals surface area contributed by atoms with Gasteiger partial charge in [0.2, 0.25) is 15.9 Å². The molecule has 26 heavy (non-hydrogen) atoms. The van der Waals surface area contributed by atoms with Crippen LogP contribution in [-0.4, -0.2) is 57.7 Å². The molecule has 1 fully saturated rings. The summed E-state index contributed by atoms with van der Waals surface area (Å²) in [7, 11) is -7.15. The minimum Gasteiger partial charge on any atom is -0.312 e. The fourth-order valence-electron chi connectivity index (χ4n) is 3.60. The number of carbonyl (C=O) groups excluding carboxylic acids is 1. The molecule has 1 saturated carbocycles. The van der Waals surface area contributed by atoms with Crippen LogP contribution in [0.25, 0.3) is 0 Å². The second-order valence-electron chi connectivity index (χ2n) is 7.22. The van der Waals surface area contributed by atoms with Gasteiger partial charge in [-0.25, -0.2) is 16.8 Å². The van der Waals surface area contributed by atoms with Crippen molar-refractivity contribution in [3.8, 4) is 0 Å². The van der Waals surface area contributed by atoms with Crippen LogP contribution in [0.3, 0.4) is 0 Å². The molecule has 144 valence electrons. The molecular formula is C17H24N2O5S2. The van der Waals surface area contributed by atoms with Crippen LogP contribution in [0.4, 0.5) is 5.69 Å². The Labute approximate surface area is 155 Å². The third-order valence-electron chi connectivity index (χ3n) is 4.79. The van der Waals surface area contributed by atoms with Gasteiger partial charge in [-0.1, -0.05) is 6.07 Å². The van der Waals surface area contributed by atoms with Crippen LogP contribution in [0, 0.1) is 0 Å². The number of carbonyl (C=O) groups is 1. The first-order valence-electron chi connectivity index (χ1n) is 8.63. The van der Waals surface area contributed by atoms with Crippen LogP contribution in [0.15, 0.2) is 23.1 Å². The van der Waals surface area contributed by atoms with Gasteiger partial charge in [0.05, 0.1) is 10.6 Å². The maximum absolute atomic E-state index is 13.2. The molecule has 7 nitrogen and oxygen atoms in total. The highest BCUT2D eigenvalue weighted by atomic mass is 32.2. The Bertz CT molecular complexity index is 936. The van der Waals surface area contributed by atoms with E-state index in [9.17, 15) is 21.6 Å². The smallest absolute Gasteiger partial charge is 0.243 e. The van der Waals surface area contributed by atoms with Gasteiger partial charge in [-0.15, -0.1) is 0 Å². The molecule has 0 unspecified atom stereocenters. The predicted molar refractivity (Wildman–Crippen MR) is 99.4 cm³/mol. The van der Waals surface area contributed by atoms with Crippen molar-refractivity contribution in [3.63, 3.8) is 0 Å². The molecule has 0 aromatic heterocycles. The Hall–Kier alpha value is -1.45. The highest BCUT2D eigenvalue weighted by Crippen LogP contribution is 2.37. The largest absolute Gasteiger partial charge is 0.312 e. The minimum absolute atomic E-state index is 0.108. The molecule has 1 aliphatic carbocycles. The van der Waals surface area contributed by atoms with Gasteiger partial charge in [0, 0.05) is 37.5 Å². The normalized spacial score (nSPS) is 18.8. The molecule has 1 heterocycles. The molecular weight excluding hydrogens is 376 g/mol. The van der Waals surface area contributed by atoms with Crippen LogP contribution < -0.4 is 4.90 Å². The molecule has 0 N–H and O–H groups in total. The first kappa shape index (κ1) is 19.3. The van der Waals surface area contributed by atoms with Gasteiger partial charge in [0.1, 0.15) is 9.84 Å². The van der Waals surface area contributed by atoms with Crippen LogP contribution >= 0.6 is 0 Å². The van der Waals surface area contributed by atoms with Gasteiger partial charge in [-0.2, -0.15) is 4.31 Å². The Morgan fingerprint density at radius 1 is 1.27 bits per heavy atom. The summed E-state index contributed by atoms with van der Waals surface area (Å²) in [5.41, 5.74) is 1.58. The van der Waals surface area contributed by atoms with Crippen molar-refractivity contribution in [2.75, 3.05) is 23.5 Å². The SMILES string of the molecule is CC(=O)N1CCc2ccc(S(=O)(=O)N(C3CC3)[C@H](C)CS(C)(=O)=O)cc21. The number of benzene rings is 1. The van der Waals surface area contributed by atoms with Crippen molar-refractivity contribution in [1.29, 1.82) is 0 Å². The van der Waals surface area contributed by atoms with E-state index in [2.05, 4.69) is 0 Å². The topological polar surface area (TPSA) is 91.8 Å². The summed E-state index contributed by atoms with van der Waals surface area (Å²) >= 11 is 0. The van der Waals surface area contributed by atoms with Crippen molar-refractivity contribution in [2.24, 2.45) is 0 Å². The highest BCUT2D eigenvalue weighted by Gasteiger charge is 2.42. The van der Waals surface area contributed by atoms with Gasteiger partial charge in [0.15, 0.2) is 0 Å². The van der Waals surface area contributed by atoms with Gasteiger partial charge in [-0.3, -0.25) is 4.79 Å². The average Bonchev–Trinajstić information content (AvgIpc) is 3.21. The molecule has 1 amide bonds. The van der Waals surface area contributed by atoms with E-state index in [-0.39, 0.29) is 22.6 Å². The van der Waals surface area contributed by atoms with E-state index >= 15 is 0 Å². The number of sulfone groups is 1. The summed E-state index contributed by atoms with van der Waals surface area (Å²) in [4.78, 5) is 13.5. The highest BCUT2D eigenvalue weighted by molar-refractivity contribution is 7.91. The van der Waals surface area contributed by atoms with Crippen molar-refractivity contribution < 1.29 is 21.6 Å². The van der Waals surface area contributed by atoms with Crippen LogP contribution in [0.2, 0.25) is 0 Å². The molecule has 2 aliphatic rings. The third-order valence-corrected chi connectivity index (χ3v) is 7.94. The zero-order valence-electron chi connectivity index (χ0n) is 15.2. The zero-order chi connectivity index (χ0) is 19.3. The van der Waals surface area contributed by atoms with E-state index in [1.54, 1.807) is 30.0 Å². The lowest BCUT2D eigenvalue weighted by Gasteiger charge is -2.28. The Morgan fingerprint density at radius 3 is 2.46 bits per heavy atom. The van der Waals surface area contributed by atoms with Crippen LogP contribution in [-0.2, 0) is 31.1 Å². The monoisotopic (exact) mass is 400 g/mol. The maximum Gasteiger partial charge on any atom is 0.243 e. The van der Waals surface area contributed by atoms with E-state index < -0.39 is 25.9 Å². The van der Waals surface area contributed by atoms with Crippen molar-refractivity contribution >= 4 is 31.5 Å². The molecule has 1 aromatic carbocycles. The number of rotatable bonds is 6. The molecule has 0 bridgehead atoms. The van der Waals surface area contributed by atoms with Crippen molar-refractivity contribution in [3.05, 3.63) is 23.8 Å². The summed E-state index contributed by atoms with van der Waals surface area (Å²) in [6.07, 6.45) is 3.28. The molecule has 1 aromatic rings. The Balaban J connectivity index is 1.99. The maximum atomic E-state index is 13.2. The van der Waals surface area contributed by atoms with Crippen molar-refractivity contribution in [1.82, 2.24) is 4.31 Å². The third kappa shape index (κ3) is 3.79. The van der Waals surface area contributed by atoms with Gasteiger partial charge in [-0.05, 0) is 43.9 Å². The molecule has 1 atom stereocenters. The molecule has 9 heteroatoms. The Kier molecular flexibility index (Phi) is 4.91. The lowest BCUT2D eigenvalue weighted by molar-refractivity contribution is -0.116. The number of nitrogens with zero attached hydrogens (tertiary/aromatic N) is 2. The van der Waals surface area contributed by atoms with E-state index in [0.717, 1.165) is 24.7 Å². The summed E-state index contributed by atoms with van der Waals surface area (Å²) in [5, 5.41) is 0. The van der Waals surface area contributed by atoms with E-state index in [4.69, 9.17) is 0 Å². The van der Waals surface area contributed by atoms with E-state index in [0.29, 0.717) is 18.7 Å². The molecule has 0 spiro atoms. The minimum atomic E-state index is -3.85. The number of anilines is 1. The van der Waals surface area contributed by atoms with Crippen LogP contribution in [0.5, 0.6) is 0 Å². The number of hydrogen-bond acceptors (Lipinski definition) is 5. The first-order valence-corrected chi connectivity index (χ1v) is 12.1. The predicted octanol–water partition coefficient (Wildman–Crippen LogP) is 1.18. The molecule has 0 saturated heterocycles. The fraction of sp³-hybridized carbons (Fsp3) is 0.588. The Morgan fingerprint density at radius 2 is 1.92 bits per heavy atom. The number of hydrogen-bond donors (Lipinski definition) is 0. The summed E-state index contributed by atoms with van der Waals surface area (Å²) in [5.74, 6) is -0.337. The van der Waals surface area contributed by atoms with Gasteiger partial charge in [0.25, 0.3) is 0 Å². The summed E-state index contributed by atoms with van der Waals surface area (Å²) < 4.78 is 51.1. The van der Waals surface area contributed by atoms with E-state index in [1.807, 2.05) is 0 Å². The fourth-order valence-corrected chi connectivity index (χ4v) is 6.63. The first-order chi connectivity index (χ1) is 12.0. The molecule has 1 aliphatic heterocycles. The standard InChI is InChI=1S/C17H24N2O5S2/c1-12(11-25(3,21)22)19(15-5-6-15)26(23,24)16-7-4-14-8-9-18(13(2)20)17(14)10-16/h4,7,10,12,15H,5-6,8-9,11H2,1-3H3/t12-/m1/s1. The van der Waals surface area contributed by atoms with Gasteiger partial charge >= 0.3 is 0 Å².